The Kier molecular flexibility index (Phi) is 4.12. The highest BCUT2D eigenvalue weighted by molar-refractivity contribution is 8.34. The van der Waals surface area contributed by atoms with Gasteiger partial charge in [0.2, 0.25) is 0 Å². The van der Waals surface area contributed by atoms with Crippen molar-refractivity contribution in [3.8, 4) is 0 Å². The molecule has 0 N–H and O–H groups in total. The third-order valence-electron chi connectivity index (χ3n) is 5.33. The van der Waals surface area contributed by atoms with Gasteiger partial charge in [0.05, 0.1) is 0 Å². The zero-order chi connectivity index (χ0) is 14.8. The second-order valence-corrected chi connectivity index (χ2v) is 10.3. The van der Waals surface area contributed by atoms with E-state index in [1.807, 2.05) is 0 Å². The van der Waals surface area contributed by atoms with Crippen LogP contribution < -0.4 is 0 Å². The maximum absolute atomic E-state index is 2.54. The summed E-state index contributed by atoms with van der Waals surface area (Å²) >= 11 is 0. The number of hydrogen-bond donors (Lipinski definition) is 0. The summed E-state index contributed by atoms with van der Waals surface area (Å²) < 4.78 is 0.425. The number of benzene rings is 2. The van der Waals surface area contributed by atoms with Crippen LogP contribution in [0.1, 0.15) is 39.0 Å². The zero-order valence-corrected chi connectivity index (χ0v) is 14.0. The second kappa shape index (κ2) is 5.88. The Morgan fingerprint density at radius 3 is 1.57 bits per heavy atom. The topological polar surface area (TPSA) is 0 Å². The summed E-state index contributed by atoms with van der Waals surface area (Å²) in [7, 11) is -0.998. The molecule has 0 heterocycles. The van der Waals surface area contributed by atoms with Crippen LogP contribution in [0.25, 0.3) is 0 Å². The maximum atomic E-state index is 2.54. The van der Waals surface area contributed by atoms with Crippen LogP contribution in [0, 0.1) is 0 Å². The maximum Gasteiger partial charge on any atom is 0.00487 e. The molecular formula is C20H26S. The molecule has 3 rings (SSSR count). The fraction of sp³-hybridized carbons (Fsp3) is 0.400. The first-order chi connectivity index (χ1) is 10.2. The Morgan fingerprint density at radius 2 is 1.14 bits per heavy atom. The van der Waals surface area contributed by atoms with Crippen molar-refractivity contribution in [3.05, 3.63) is 60.7 Å². The Balaban J connectivity index is 2.15. The van der Waals surface area contributed by atoms with Gasteiger partial charge >= 0.3 is 0 Å². The van der Waals surface area contributed by atoms with E-state index in [0.717, 1.165) is 0 Å². The van der Waals surface area contributed by atoms with Crippen molar-refractivity contribution >= 4 is 10.0 Å². The first kappa shape index (κ1) is 14.7. The molecule has 0 amide bonds. The van der Waals surface area contributed by atoms with Crippen LogP contribution in [-0.2, 0) is 0 Å². The summed E-state index contributed by atoms with van der Waals surface area (Å²) in [4.78, 5) is 3.08. The predicted octanol–water partition coefficient (Wildman–Crippen LogP) is 6.26. The van der Waals surface area contributed by atoms with Crippen LogP contribution >= 0.6 is 10.0 Å². The van der Waals surface area contributed by atoms with Crippen molar-refractivity contribution in [2.45, 2.75) is 53.6 Å². The van der Waals surface area contributed by atoms with Crippen LogP contribution in [0.5, 0.6) is 0 Å². The lowest BCUT2D eigenvalue weighted by molar-refractivity contribution is 0.415. The molecule has 1 aliphatic rings. The lowest BCUT2D eigenvalue weighted by Gasteiger charge is -2.54. The molecule has 1 fully saturated rings. The molecule has 0 nitrogen and oxygen atoms in total. The highest BCUT2D eigenvalue weighted by Crippen LogP contribution is 2.71. The third kappa shape index (κ3) is 2.53. The molecule has 0 bridgehead atoms. The van der Waals surface area contributed by atoms with Gasteiger partial charge in [-0.25, -0.2) is 0 Å². The quantitative estimate of drug-likeness (QED) is 0.627. The summed E-state index contributed by atoms with van der Waals surface area (Å²) in [6.45, 7) is 2.54. The van der Waals surface area contributed by atoms with Crippen LogP contribution in [0.15, 0.2) is 70.5 Å². The average Bonchev–Trinajstić information content (AvgIpc) is 2.56. The molecule has 112 valence electrons. The molecule has 2 aromatic carbocycles. The molecule has 0 unspecified atom stereocenters. The van der Waals surface area contributed by atoms with Gasteiger partial charge in [0, 0.05) is 4.75 Å². The molecule has 0 saturated heterocycles. The highest BCUT2D eigenvalue weighted by Gasteiger charge is 2.43. The van der Waals surface area contributed by atoms with Crippen LogP contribution in [0.3, 0.4) is 0 Å². The Bertz CT molecular complexity index is 528. The smallest absolute Gasteiger partial charge is 0.00487 e. The van der Waals surface area contributed by atoms with E-state index in [4.69, 9.17) is 0 Å². The van der Waals surface area contributed by atoms with Gasteiger partial charge in [-0.15, -0.1) is 0 Å². The van der Waals surface area contributed by atoms with E-state index in [1.165, 1.54) is 32.1 Å². The van der Waals surface area contributed by atoms with Crippen molar-refractivity contribution in [2.75, 3.05) is 6.26 Å². The fourth-order valence-electron chi connectivity index (χ4n) is 3.80. The van der Waals surface area contributed by atoms with Crippen LogP contribution in [-0.4, -0.2) is 11.0 Å². The number of rotatable bonds is 3. The van der Waals surface area contributed by atoms with E-state index in [-0.39, 0.29) is 0 Å². The minimum absolute atomic E-state index is 0.425. The van der Waals surface area contributed by atoms with Crippen LogP contribution in [0.2, 0.25) is 0 Å². The molecule has 2 aromatic rings. The highest BCUT2D eigenvalue weighted by atomic mass is 32.3. The van der Waals surface area contributed by atoms with E-state index in [2.05, 4.69) is 73.8 Å². The fourth-order valence-corrected chi connectivity index (χ4v) is 7.72. The van der Waals surface area contributed by atoms with E-state index in [0.29, 0.717) is 4.75 Å². The Labute approximate surface area is 130 Å². The van der Waals surface area contributed by atoms with E-state index >= 15 is 0 Å². The van der Waals surface area contributed by atoms with Gasteiger partial charge in [-0.2, -0.15) is 10.0 Å². The first-order valence-electron chi connectivity index (χ1n) is 8.05. The van der Waals surface area contributed by atoms with Crippen molar-refractivity contribution < 1.29 is 0 Å². The van der Waals surface area contributed by atoms with E-state index < -0.39 is 10.0 Å². The normalized spacial score (nSPS) is 19.1. The predicted molar refractivity (Wildman–Crippen MR) is 94.4 cm³/mol. The van der Waals surface area contributed by atoms with Gasteiger partial charge in [-0.05, 0) is 53.2 Å². The van der Waals surface area contributed by atoms with Gasteiger partial charge in [0.15, 0.2) is 0 Å². The summed E-state index contributed by atoms with van der Waals surface area (Å²) in [6.07, 6.45) is 9.46. The summed E-state index contributed by atoms with van der Waals surface area (Å²) in [5, 5.41) is 0. The van der Waals surface area contributed by atoms with Gasteiger partial charge in [-0.1, -0.05) is 62.6 Å². The molecule has 1 heteroatoms. The largest absolute Gasteiger partial charge is 0.185 e. The van der Waals surface area contributed by atoms with Gasteiger partial charge in [0.1, 0.15) is 0 Å². The first-order valence-corrected chi connectivity index (χ1v) is 10.1. The molecule has 0 radical (unpaired) electrons. The van der Waals surface area contributed by atoms with Gasteiger partial charge in [0.25, 0.3) is 0 Å². The molecule has 1 saturated carbocycles. The Hall–Kier alpha value is -1.21. The monoisotopic (exact) mass is 298 g/mol. The standard InChI is InChI=1S/C20H26S/c1-20(16-10-5-11-17-20)21(2,18-12-6-3-7-13-18)19-14-8-4-9-15-19/h3-4,6-9,12-15H,5,10-11,16-17H2,1-2H3. The number of hydrogen-bond acceptors (Lipinski definition) is 0. The van der Waals surface area contributed by atoms with Crippen LogP contribution in [0.4, 0.5) is 0 Å². The lowest BCUT2D eigenvalue weighted by atomic mass is 9.90. The Morgan fingerprint density at radius 1 is 0.714 bits per heavy atom. The van der Waals surface area contributed by atoms with Gasteiger partial charge in [-0.3, -0.25) is 0 Å². The lowest BCUT2D eigenvalue weighted by Crippen LogP contribution is -2.34. The minimum Gasteiger partial charge on any atom is -0.185 e. The summed E-state index contributed by atoms with van der Waals surface area (Å²) in [5.41, 5.74) is 0. The van der Waals surface area contributed by atoms with Crippen molar-refractivity contribution in [1.82, 2.24) is 0 Å². The SMILES string of the molecule is CC1(S(C)(c2ccccc2)c2ccccc2)CCCCC1. The van der Waals surface area contributed by atoms with Crippen molar-refractivity contribution in [3.63, 3.8) is 0 Å². The average molecular weight is 298 g/mol. The van der Waals surface area contributed by atoms with E-state index in [9.17, 15) is 0 Å². The molecule has 21 heavy (non-hydrogen) atoms. The molecule has 0 spiro atoms. The minimum atomic E-state index is -0.998. The summed E-state index contributed by atoms with van der Waals surface area (Å²) in [5.74, 6) is 0. The van der Waals surface area contributed by atoms with Gasteiger partial charge < -0.3 is 0 Å². The molecular weight excluding hydrogens is 272 g/mol. The second-order valence-electron chi connectivity index (χ2n) is 6.56. The van der Waals surface area contributed by atoms with E-state index in [1.54, 1.807) is 9.79 Å². The third-order valence-corrected chi connectivity index (χ3v) is 10.1. The molecule has 1 aliphatic carbocycles. The molecule has 0 atom stereocenters. The van der Waals surface area contributed by atoms with Crippen molar-refractivity contribution in [2.24, 2.45) is 0 Å². The molecule has 0 aliphatic heterocycles. The molecule has 0 aromatic heterocycles. The van der Waals surface area contributed by atoms with Crippen molar-refractivity contribution in [1.29, 1.82) is 0 Å². The zero-order valence-electron chi connectivity index (χ0n) is 13.2. The summed E-state index contributed by atoms with van der Waals surface area (Å²) in [6, 6.07) is 22.5.